The summed E-state index contributed by atoms with van der Waals surface area (Å²) in [6.07, 6.45) is 2.79. The average Bonchev–Trinajstić information content (AvgIpc) is 2.44. The molecule has 1 aliphatic rings. The Hall–Kier alpha value is -1.06. The van der Waals surface area contributed by atoms with Crippen LogP contribution in [-0.2, 0) is 11.2 Å². The van der Waals surface area contributed by atoms with Gasteiger partial charge in [-0.25, -0.2) is 0 Å². The maximum absolute atomic E-state index is 12.1. The molecule has 1 heterocycles. The van der Waals surface area contributed by atoms with E-state index in [0.717, 1.165) is 30.8 Å². The molecular weight excluding hydrogens is 274 g/mol. The summed E-state index contributed by atoms with van der Waals surface area (Å²) < 4.78 is 0. The zero-order valence-electron chi connectivity index (χ0n) is 11.9. The SMILES string of the molecule is CC1CCN(C(=O)CCCc2ccc(Cl)cc2)CC1O. The number of piperidine rings is 1. The number of halogens is 1. The van der Waals surface area contributed by atoms with Gasteiger partial charge in [-0.2, -0.15) is 0 Å². The molecule has 2 unspecified atom stereocenters. The summed E-state index contributed by atoms with van der Waals surface area (Å²) in [5.41, 5.74) is 1.20. The lowest BCUT2D eigenvalue weighted by Crippen LogP contribution is -2.45. The molecule has 1 saturated heterocycles. The fourth-order valence-electron chi connectivity index (χ4n) is 2.53. The van der Waals surface area contributed by atoms with Crippen LogP contribution in [0.5, 0.6) is 0 Å². The molecule has 0 radical (unpaired) electrons. The van der Waals surface area contributed by atoms with Crippen LogP contribution >= 0.6 is 11.6 Å². The molecule has 2 atom stereocenters. The van der Waals surface area contributed by atoms with E-state index in [4.69, 9.17) is 11.6 Å². The molecule has 110 valence electrons. The third-order valence-corrected chi connectivity index (χ3v) is 4.29. The average molecular weight is 296 g/mol. The number of hydrogen-bond acceptors (Lipinski definition) is 2. The topological polar surface area (TPSA) is 40.5 Å². The summed E-state index contributed by atoms with van der Waals surface area (Å²) in [5, 5.41) is 10.6. The van der Waals surface area contributed by atoms with E-state index < -0.39 is 0 Å². The fourth-order valence-corrected chi connectivity index (χ4v) is 2.65. The van der Waals surface area contributed by atoms with E-state index in [0.29, 0.717) is 18.9 Å². The van der Waals surface area contributed by atoms with Gasteiger partial charge in [-0.05, 0) is 42.9 Å². The maximum Gasteiger partial charge on any atom is 0.222 e. The minimum Gasteiger partial charge on any atom is -0.391 e. The minimum absolute atomic E-state index is 0.157. The van der Waals surface area contributed by atoms with Gasteiger partial charge in [0.15, 0.2) is 0 Å². The quantitative estimate of drug-likeness (QED) is 0.928. The highest BCUT2D eigenvalue weighted by atomic mass is 35.5. The number of hydrogen-bond donors (Lipinski definition) is 1. The van der Waals surface area contributed by atoms with Crippen molar-refractivity contribution >= 4 is 17.5 Å². The molecule has 0 saturated carbocycles. The van der Waals surface area contributed by atoms with Crippen molar-refractivity contribution in [3.63, 3.8) is 0 Å². The highest BCUT2D eigenvalue weighted by Gasteiger charge is 2.26. The summed E-state index contributed by atoms with van der Waals surface area (Å²) in [5.74, 6) is 0.457. The Labute approximate surface area is 125 Å². The molecule has 1 aliphatic heterocycles. The molecule has 20 heavy (non-hydrogen) atoms. The number of rotatable bonds is 4. The highest BCUT2D eigenvalue weighted by molar-refractivity contribution is 6.30. The zero-order valence-corrected chi connectivity index (χ0v) is 12.6. The first-order chi connectivity index (χ1) is 9.56. The minimum atomic E-state index is -0.371. The van der Waals surface area contributed by atoms with Gasteiger partial charge in [0.1, 0.15) is 0 Å². The van der Waals surface area contributed by atoms with Crippen LogP contribution < -0.4 is 0 Å². The summed E-state index contributed by atoms with van der Waals surface area (Å²) in [6, 6.07) is 7.75. The Bertz CT molecular complexity index is 446. The van der Waals surface area contributed by atoms with E-state index >= 15 is 0 Å². The van der Waals surface area contributed by atoms with Gasteiger partial charge in [-0.15, -0.1) is 0 Å². The molecule has 2 rings (SSSR count). The number of benzene rings is 1. The second-order valence-electron chi connectivity index (χ2n) is 5.65. The Balaban J connectivity index is 1.74. The number of aliphatic hydroxyl groups is 1. The molecule has 0 bridgehead atoms. The predicted molar refractivity (Wildman–Crippen MR) is 80.8 cm³/mol. The number of nitrogens with zero attached hydrogens (tertiary/aromatic N) is 1. The number of β-amino-alcohol motifs (C(OH)–C–C–N with tert-alkyl or cyclic N) is 1. The van der Waals surface area contributed by atoms with E-state index in [-0.39, 0.29) is 12.0 Å². The van der Waals surface area contributed by atoms with Crippen LogP contribution in [0, 0.1) is 5.92 Å². The first kappa shape index (κ1) is 15.3. The lowest BCUT2D eigenvalue weighted by molar-refractivity contribution is -0.135. The van der Waals surface area contributed by atoms with E-state index in [9.17, 15) is 9.90 Å². The molecular formula is C16H22ClNO2. The standard InChI is InChI=1S/C16H22ClNO2/c1-12-9-10-18(11-15(12)19)16(20)4-2-3-13-5-7-14(17)8-6-13/h5-8,12,15,19H,2-4,9-11H2,1H3. The number of amides is 1. The van der Waals surface area contributed by atoms with Crippen LogP contribution in [-0.4, -0.2) is 35.1 Å². The molecule has 1 N–H and O–H groups in total. The maximum atomic E-state index is 12.1. The number of likely N-dealkylation sites (tertiary alicyclic amines) is 1. The molecule has 1 aromatic rings. The smallest absolute Gasteiger partial charge is 0.222 e. The predicted octanol–water partition coefficient (Wildman–Crippen LogP) is 2.89. The Morgan fingerprint density at radius 1 is 1.40 bits per heavy atom. The van der Waals surface area contributed by atoms with Gasteiger partial charge < -0.3 is 10.0 Å². The van der Waals surface area contributed by atoms with Gasteiger partial charge in [0.05, 0.1) is 6.10 Å². The van der Waals surface area contributed by atoms with Gasteiger partial charge in [0, 0.05) is 24.5 Å². The van der Waals surface area contributed by atoms with Crippen LogP contribution in [0.4, 0.5) is 0 Å². The molecule has 0 aliphatic carbocycles. The third-order valence-electron chi connectivity index (χ3n) is 4.04. The molecule has 1 aromatic carbocycles. The van der Waals surface area contributed by atoms with Crippen molar-refractivity contribution in [2.45, 2.75) is 38.7 Å². The van der Waals surface area contributed by atoms with Crippen molar-refractivity contribution in [3.8, 4) is 0 Å². The van der Waals surface area contributed by atoms with Crippen LogP contribution in [0.3, 0.4) is 0 Å². The monoisotopic (exact) mass is 295 g/mol. The molecule has 0 spiro atoms. The molecule has 4 heteroatoms. The third kappa shape index (κ3) is 4.22. The lowest BCUT2D eigenvalue weighted by atomic mass is 9.95. The van der Waals surface area contributed by atoms with Crippen LogP contribution in [0.1, 0.15) is 31.7 Å². The first-order valence-electron chi connectivity index (χ1n) is 7.26. The largest absolute Gasteiger partial charge is 0.391 e. The molecule has 0 aromatic heterocycles. The van der Waals surface area contributed by atoms with Crippen molar-refractivity contribution in [2.75, 3.05) is 13.1 Å². The van der Waals surface area contributed by atoms with Crippen molar-refractivity contribution in [2.24, 2.45) is 5.92 Å². The van der Waals surface area contributed by atoms with E-state index in [1.54, 1.807) is 4.90 Å². The normalized spacial score (nSPS) is 22.9. The Morgan fingerprint density at radius 2 is 2.10 bits per heavy atom. The Morgan fingerprint density at radius 3 is 2.75 bits per heavy atom. The van der Waals surface area contributed by atoms with Gasteiger partial charge in [0.2, 0.25) is 5.91 Å². The van der Waals surface area contributed by atoms with Gasteiger partial charge in [0.25, 0.3) is 0 Å². The van der Waals surface area contributed by atoms with E-state index in [1.165, 1.54) is 5.56 Å². The van der Waals surface area contributed by atoms with Crippen molar-refractivity contribution in [1.82, 2.24) is 4.90 Å². The summed E-state index contributed by atoms with van der Waals surface area (Å²) in [7, 11) is 0. The van der Waals surface area contributed by atoms with Crippen molar-refractivity contribution in [3.05, 3.63) is 34.9 Å². The second-order valence-corrected chi connectivity index (χ2v) is 6.09. The Kier molecular flexibility index (Phi) is 5.44. The van der Waals surface area contributed by atoms with E-state index in [1.807, 2.05) is 31.2 Å². The van der Waals surface area contributed by atoms with Gasteiger partial charge in [-0.1, -0.05) is 30.7 Å². The summed E-state index contributed by atoms with van der Waals surface area (Å²) in [6.45, 7) is 3.30. The van der Waals surface area contributed by atoms with Crippen LogP contribution in [0.2, 0.25) is 5.02 Å². The molecule has 1 amide bonds. The van der Waals surface area contributed by atoms with Crippen molar-refractivity contribution in [1.29, 1.82) is 0 Å². The highest BCUT2D eigenvalue weighted by Crippen LogP contribution is 2.18. The number of carbonyl (C=O) groups excluding carboxylic acids is 1. The van der Waals surface area contributed by atoms with Crippen molar-refractivity contribution < 1.29 is 9.90 Å². The zero-order chi connectivity index (χ0) is 14.5. The van der Waals surface area contributed by atoms with Gasteiger partial charge in [-0.3, -0.25) is 4.79 Å². The molecule has 3 nitrogen and oxygen atoms in total. The number of aryl methyl sites for hydroxylation is 1. The fraction of sp³-hybridized carbons (Fsp3) is 0.562. The van der Waals surface area contributed by atoms with E-state index in [2.05, 4.69) is 0 Å². The number of carbonyl (C=O) groups is 1. The lowest BCUT2D eigenvalue weighted by Gasteiger charge is -2.34. The van der Waals surface area contributed by atoms with Crippen LogP contribution in [0.15, 0.2) is 24.3 Å². The second kappa shape index (κ2) is 7.09. The van der Waals surface area contributed by atoms with Gasteiger partial charge >= 0.3 is 0 Å². The van der Waals surface area contributed by atoms with Crippen LogP contribution in [0.25, 0.3) is 0 Å². The summed E-state index contributed by atoms with van der Waals surface area (Å²) >= 11 is 5.84. The molecule has 1 fully saturated rings. The number of aliphatic hydroxyl groups excluding tert-OH is 1. The summed E-state index contributed by atoms with van der Waals surface area (Å²) in [4.78, 5) is 13.9. The first-order valence-corrected chi connectivity index (χ1v) is 7.64.